The lowest BCUT2D eigenvalue weighted by atomic mass is 9.99. The van der Waals surface area contributed by atoms with Crippen LogP contribution in [0, 0.1) is 0 Å². The highest BCUT2D eigenvalue weighted by molar-refractivity contribution is 7.10. The number of anilines is 1. The minimum Gasteiger partial charge on any atom is -0.379 e. The highest BCUT2D eigenvalue weighted by atomic mass is 32.1. The second kappa shape index (κ2) is 3.35. The molecule has 0 saturated carbocycles. The summed E-state index contributed by atoms with van der Waals surface area (Å²) in [7, 11) is 0. The van der Waals surface area contributed by atoms with Crippen LogP contribution in [0.15, 0.2) is 23.7 Å². The molecule has 0 atom stereocenters. The maximum atomic E-state index is 4.45. The first-order valence-corrected chi connectivity index (χ1v) is 6.06. The van der Waals surface area contributed by atoms with Crippen LogP contribution in [0.5, 0.6) is 0 Å². The van der Waals surface area contributed by atoms with Gasteiger partial charge in [0.15, 0.2) is 0 Å². The summed E-state index contributed by atoms with van der Waals surface area (Å²) in [6, 6.07) is 6.45. The number of thiazole rings is 1. The number of para-hydroxylation sites is 1. The number of aromatic nitrogens is 1. The average molecular weight is 216 g/mol. The van der Waals surface area contributed by atoms with Crippen LogP contribution in [0.25, 0.3) is 11.3 Å². The number of hydrogen-bond donors (Lipinski definition) is 1. The number of rotatable bonds is 1. The largest absolute Gasteiger partial charge is 0.379 e. The highest BCUT2D eigenvalue weighted by Gasteiger charge is 2.19. The predicted octanol–water partition coefficient (Wildman–Crippen LogP) is 3.30. The van der Waals surface area contributed by atoms with Crippen molar-refractivity contribution in [2.24, 2.45) is 0 Å². The van der Waals surface area contributed by atoms with Crippen LogP contribution in [0.4, 0.5) is 5.69 Å². The molecule has 0 saturated heterocycles. The number of fused-ring (bicyclic) bond motifs is 3. The van der Waals surface area contributed by atoms with Crippen LogP contribution in [0.3, 0.4) is 0 Å². The third-order valence-corrected chi connectivity index (χ3v) is 3.69. The van der Waals surface area contributed by atoms with Crippen molar-refractivity contribution in [1.29, 1.82) is 0 Å². The van der Waals surface area contributed by atoms with Gasteiger partial charge in [0.1, 0.15) is 0 Å². The summed E-state index contributed by atoms with van der Waals surface area (Å²) in [5.74, 6) is 0. The van der Waals surface area contributed by atoms with Crippen LogP contribution >= 0.6 is 11.3 Å². The number of hydrogen-bond acceptors (Lipinski definition) is 3. The zero-order chi connectivity index (χ0) is 10.3. The third kappa shape index (κ3) is 1.27. The van der Waals surface area contributed by atoms with Gasteiger partial charge in [0.05, 0.1) is 22.6 Å². The summed E-state index contributed by atoms with van der Waals surface area (Å²) in [5.41, 5.74) is 7.02. The van der Waals surface area contributed by atoms with E-state index < -0.39 is 0 Å². The van der Waals surface area contributed by atoms with Gasteiger partial charge in [0.2, 0.25) is 0 Å². The van der Waals surface area contributed by atoms with Crippen molar-refractivity contribution in [3.8, 4) is 11.3 Å². The van der Waals surface area contributed by atoms with Crippen molar-refractivity contribution < 1.29 is 0 Å². The maximum absolute atomic E-state index is 4.45. The zero-order valence-electron chi connectivity index (χ0n) is 8.58. The molecule has 3 heteroatoms. The minimum absolute atomic E-state index is 0.921. The Hall–Kier alpha value is -1.35. The molecule has 3 rings (SSSR count). The van der Waals surface area contributed by atoms with Crippen molar-refractivity contribution in [2.75, 3.05) is 5.32 Å². The summed E-state index contributed by atoms with van der Waals surface area (Å²) in [6.07, 6.45) is 1.07. The number of nitrogens with zero attached hydrogens (tertiary/aromatic N) is 1. The van der Waals surface area contributed by atoms with E-state index in [9.17, 15) is 0 Å². The van der Waals surface area contributed by atoms with E-state index in [0.717, 1.165) is 13.0 Å². The van der Waals surface area contributed by atoms with E-state index in [0.29, 0.717) is 0 Å². The Morgan fingerprint density at radius 2 is 2.40 bits per heavy atom. The van der Waals surface area contributed by atoms with Gasteiger partial charge in [0, 0.05) is 11.3 Å². The molecule has 1 aromatic heterocycles. The quantitative estimate of drug-likeness (QED) is 0.791. The van der Waals surface area contributed by atoms with E-state index in [1.807, 2.05) is 5.51 Å². The Morgan fingerprint density at radius 1 is 1.47 bits per heavy atom. The Labute approximate surface area is 93.0 Å². The first kappa shape index (κ1) is 8.92. The SMILES string of the molecule is CCc1cccc2c1NCc1scnc1-2. The molecule has 15 heavy (non-hydrogen) atoms. The third-order valence-electron chi connectivity index (χ3n) is 2.85. The normalized spacial score (nSPS) is 12.9. The lowest BCUT2D eigenvalue weighted by Gasteiger charge is -2.20. The number of benzene rings is 1. The molecule has 2 heterocycles. The molecule has 0 amide bonds. The lowest BCUT2D eigenvalue weighted by Crippen LogP contribution is -2.08. The molecular weight excluding hydrogens is 204 g/mol. The second-order valence-electron chi connectivity index (χ2n) is 3.67. The van der Waals surface area contributed by atoms with Gasteiger partial charge in [-0.1, -0.05) is 25.1 Å². The Bertz CT molecular complexity index is 502. The van der Waals surface area contributed by atoms with Gasteiger partial charge in [-0.25, -0.2) is 4.98 Å². The molecule has 1 N–H and O–H groups in total. The Morgan fingerprint density at radius 3 is 3.27 bits per heavy atom. The van der Waals surface area contributed by atoms with E-state index in [4.69, 9.17) is 0 Å². The fraction of sp³-hybridized carbons (Fsp3) is 0.250. The molecule has 0 aliphatic carbocycles. The van der Waals surface area contributed by atoms with E-state index in [1.54, 1.807) is 11.3 Å². The molecule has 0 spiro atoms. The van der Waals surface area contributed by atoms with E-state index in [1.165, 1.54) is 27.4 Å². The van der Waals surface area contributed by atoms with Crippen molar-refractivity contribution in [3.05, 3.63) is 34.2 Å². The molecule has 0 bridgehead atoms. The molecule has 0 fully saturated rings. The number of aryl methyl sites for hydroxylation is 1. The van der Waals surface area contributed by atoms with Gasteiger partial charge in [-0.3, -0.25) is 0 Å². The fourth-order valence-corrected chi connectivity index (χ4v) is 2.80. The Kier molecular flexibility index (Phi) is 1.99. The van der Waals surface area contributed by atoms with Crippen molar-refractivity contribution >= 4 is 17.0 Å². The van der Waals surface area contributed by atoms with Crippen molar-refractivity contribution in [2.45, 2.75) is 19.9 Å². The van der Waals surface area contributed by atoms with Gasteiger partial charge in [0.25, 0.3) is 0 Å². The molecule has 1 aromatic carbocycles. The highest BCUT2D eigenvalue weighted by Crippen LogP contribution is 2.38. The van der Waals surface area contributed by atoms with Gasteiger partial charge >= 0.3 is 0 Å². The topological polar surface area (TPSA) is 24.9 Å². The fourth-order valence-electron chi connectivity index (χ4n) is 2.09. The first-order valence-electron chi connectivity index (χ1n) is 5.18. The standard InChI is InChI=1S/C12H12N2S/c1-2-8-4-3-5-9-11(8)13-6-10-12(9)14-7-15-10/h3-5,7,13H,2,6H2,1H3. The predicted molar refractivity (Wildman–Crippen MR) is 64.3 cm³/mol. The van der Waals surface area contributed by atoms with Gasteiger partial charge in [-0.2, -0.15) is 0 Å². The average Bonchev–Trinajstić information content (AvgIpc) is 2.76. The monoisotopic (exact) mass is 216 g/mol. The summed E-state index contributed by atoms with van der Waals surface area (Å²) < 4.78 is 0. The van der Waals surface area contributed by atoms with Crippen LogP contribution < -0.4 is 5.32 Å². The zero-order valence-corrected chi connectivity index (χ0v) is 9.40. The van der Waals surface area contributed by atoms with Crippen molar-refractivity contribution in [1.82, 2.24) is 4.98 Å². The van der Waals surface area contributed by atoms with Gasteiger partial charge in [-0.15, -0.1) is 11.3 Å². The van der Waals surface area contributed by atoms with Gasteiger partial charge < -0.3 is 5.32 Å². The first-order chi connectivity index (χ1) is 7.40. The van der Waals surface area contributed by atoms with Crippen molar-refractivity contribution in [3.63, 3.8) is 0 Å². The maximum Gasteiger partial charge on any atom is 0.0882 e. The molecule has 1 aliphatic heterocycles. The summed E-state index contributed by atoms with van der Waals surface area (Å²) in [6.45, 7) is 3.11. The summed E-state index contributed by atoms with van der Waals surface area (Å²) in [5, 5.41) is 3.49. The van der Waals surface area contributed by atoms with Crippen LogP contribution in [-0.4, -0.2) is 4.98 Å². The second-order valence-corrected chi connectivity index (χ2v) is 4.61. The van der Waals surface area contributed by atoms with Crippen LogP contribution in [-0.2, 0) is 13.0 Å². The minimum atomic E-state index is 0.921. The molecule has 0 unspecified atom stereocenters. The Balaban J connectivity index is 2.25. The molecule has 2 nitrogen and oxygen atoms in total. The van der Waals surface area contributed by atoms with Crippen LogP contribution in [0.1, 0.15) is 17.4 Å². The summed E-state index contributed by atoms with van der Waals surface area (Å²) in [4.78, 5) is 5.80. The molecule has 1 aliphatic rings. The number of nitrogens with one attached hydrogen (secondary N) is 1. The van der Waals surface area contributed by atoms with E-state index in [-0.39, 0.29) is 0 Å². The lowest BCUT2D eigenvalue weighted by molar-refractivity contribution is 1.08. The van der Waals surface area contributed by atoms with Gasteiger partial charge in [-0.05, 0) is 12.0 Å². The summed E-state index contributed by atoms with van der Waals surface area (Å²) >= 11 is 1.73. The molecule has 76 valence electrons. The van der Waals surface area contributed by atoms with Crippen LogP contribution in [0.2, 0.25) is 0 Å². The molecule has 2 aromatic rings. The molecule has 0 radical (unpaired) electrons. The van der Waals surface area contributed by atoms with E-state index in [2.05, 4.69) is 35.4 Å². The molecular formula is C12H12N2S. The smallest absolute Gasteiger partial charge is 0.0882 e. The van der Waals surface area contributed by atoms with E-state index >= 15 is 0 Å².